The molecule has 9 heteroatoms. The van der Waals surface area contributed by atoms with Gasteiger partial charge in [0.15, 0.2) is 11.5 Å². The fourth-order valence-corrected chi connectivity index (χ4v) is 4.38. The molecule has 0 atom stereocenters. The van der Waals surface area contributed by atoms with E-state index in [1.807, 2.05) is 18.2 Å². The predicted octanol–water partition coefficient (Wildman–Crippen LogP) is 3.09. The van der Waals surface area contributed by atoms with E-state index < -0.39 is 0 Å². The average Bonchev–Trinajstić information content (AvgIpc) is 3.36. The van der Waals surface area contributed by atoms with E-state index in [-0.39, 0.29) is 18.6 Å². The lowest BCUT2D eigenvalue weighted by molar-refractivity contribution is 0.0946. The highest BCUT2D eigenvalue weighted by atomic mass is 16.7. The first kappa shape index (κ1) is 22.8. The van der Waals surface area contributed by atoms with E-state index in [0.29, 0.717) is 29.6 Å². The number of aromatic nitrogens is 2. The zero-order valence-electron chi connectivity index (χ0n) is 20.2. The van der Waals surface area contributed by atoms with Crippen LogP contribution in [0.1, 0.15) is 27.0 Å². The fraction of sp³-hybridized carbons (Fsp3) is 0.346. The summed E-state index contributed by atoms with van der Waals surface area (Å²) in [5.41, 5.74) is 5.09. The summed E-state index contributed by atoms with van der Waals surface area (Å²) in [5.74, 6) is 1.91. The summed E-state index contributed by atoms with van der Waals surface area (Å²) >= 11 is 0. The minimum absolute atomic E-state index is 0.215. The van der Waals surface area contributed by atoms with Gasteiger partial charge in [-0.3, -0.25) is 4.79 Å². The summed E-state index contributed by atoms with van der Waals surface area (Å²) in [4.78, 5) is 26.4. The van der Waals surface area contributed by atoms with E-state index in [0.717, 1.165) is 31.7 Å². The summed E-state index contributed by atoms with van der Waals surface area (Å²) in [7, 11) is 1.51. The second kappa shape index (κ2) is 9.69. The Kier molecular flexibility index (Phi) is 6.31. The molecule has 182 valence electrons. The molecule has 2 aromatic carbocycles. The van der Waals surface area contributed by atoms with Gasteiger partial charge in [0.25, 0.3) is 5.91 Å². The molecule has 1 aromatic heterocycles. The number of nitrogens with zero attached hydrogens (tertiary/aromatic N) is 4. The number of piperazine rings is 1. The number of carbonyl (C=O) groups excluding carboxylic acids is 1. The number of rotatable bonds is 6. The van der Waals surface area contributed by atoms with Crippen molar-refractivity contribution in [1.82, 2.24) is 15.3 Å². The fourth-order valence-electron chi connectivity index (χ4n) is 4.38. The second-order valence-corrected chi connectivity index (χ2v) is 8.66. The summed E-state index contributed by atoms with van der Waals surface area (Å²) in [6, 6.07) is 12.0. The SMILES string of the molecule is COc1nc(N2CCN(c3cccc(C)c3C)CC2)ncc1C(=O)NCc1ccc2c(c1)OCO2. The maximum atomic E-state index is 12.8. The third kappa shape index (κ3) is 4.66. The minimum atomic E-state index is -0.300. The van der Waals surface area contributed by atoms with Gasteiger partial charge < -0.3 is 29.3 Å². The van der Waals surface area contributed by atoms with E-state index in [1.165, 1.54) is 30.1 Å². The molecule has 5 rings (SSSR count). The van der Waals surface area contributed by atoms with Crippen LogP contribution in [0.4, 0.5) is 11.6 Å². The van der Waals surface area contributed by atoms with Gasteiger partial charge in [-0.05, 0) is 48.7 Å². The molecule has 0 radical (unpaired) electrons. The summed E-state index contributed by atoms with van der Waals surface area (Å²) in [5, 5.41) is 2.90. The molecule has 1 amide bonds. The van der Waals surface area contributed by atoms with Crippen molar-refractivity contribution in [2.75, 3.05) is 49.9 Å². The van der Waals surface area contributed by atoms with Crippen LogP contribution >= 0.6 is 0 Å². The molecule has 35 heavy (non-hydrogen) atoms. The molecular formula is C26H29N5O4. The molecule has 0 aliphatic carbocycles. The van der Waals surface area contributed by atoms with Gasteiger partial charge in [0, 0.05) is 44.6 Å². The molecule has 9 nitrogen and oxygen atoms in total. The van der Waals surface area contributed by atoms with Crippen molar-refractivity contribution in [2.24, 2.45) is 0 Å². The van der Waals surface area contributed by atoms with Crippen LogP contribution in [0.15, 0.2) is 42.6 Å². The van der Waals surface area contributed by atoms with Gasteiger partial charge in [-0.15, -0.1) is 0 Å². The highest BCUT2D eigenvalue weighted by molar-refractivity contribution is 5.96. The van der Waals surface area contributed by atoms with E-state index in [4.69, 9.17) is 14.2 Å². The van der Waals surface area contributed by atoms with Gasteiger partial charge >= 0.3 is 0 Å². The molecule has 3 heterocycles. The number of hydrogen-bond donors (Lipinski definition) is 1. The van der Waals surface area contributed by atoms with Crippen LogP contribution in [0.5, 0.6) is 17.4 Å². The Hall–Kier alpha value is -4.01. The number of amides is 1. The normalized spacial score (nSPS) is 14.7. The third-order valence-corrected chi connectivity index (χ3v) is 6.55. The zero-order valence-corrected chi connectivity index (χ0v) is 20.2. The predicted molar refractivity (Wildman–Crippen MR) is 133 cm³/mol. The number of aryl methyl sites for hydroxylation is 1. The van der Waals surface area contributed by atoms with Crippen molar-refractivity contribution < 1.29 is 19.0 Å². The summed E-state index contributed by atoms with van der Waals surface area (Å²) < 4.78 is 16.2. The second-order valence-electron chi connectivity index (χ2n) is 8.66. The van der Waals surface area contributed by atoms with Crippen LogP contribution in [0.2, 0.25) is 0 Å². The largest absolute Gasteiger partial charge is 0.480 e. The van der Waals surface area contributed by atoms with Crippen LogP contribution in [-0.4, -0.2) is 56.0 Å². The number of methoxy groups -OCH3 is 1. The Balaban J connectivity index is 1.23. The number of benzene rings is 2. The van der Waals surface area contributed by atoms with Crippen molar-refractivity contribution in [3.8, 4) is 17.4 Å². The molecule has 1 fully saturated rings. The number of anilines is 2. The number of fused-ring (bicyclic) bond motifs is 1. The lowest BCUT2D eigenvalue weighted by atomic mass is 10.1. The lowest BCUT2D eigenvalue weighted by Crippen LogP contribution is -2.47. The van der Waals surface area contributed by atoms with E-state index in [2.05, 4.69) is 57.1 Å². The van der Waals surface area contributed by atoms with Crippen molar-refractivity contribution in [1.29, 1.82) is 0 Å². The maximum Gasteiger partial charge on any atom is 0.258 e. The Morgan fingerprint density at radius 3 is 2.63 bits per heavy atom. The topological polar surface area (TPSA) is 89.1 Å². The quantitative estimate of drug-likeness (QED) is 0.582. The first-order valence-electron chi connectivity index (χ1n) is 11.7. The molecular weight excluding hydrogens is 446 g/mol. The maximum absolute atomic E-state index is 12.8. The zero-order chi connectivity index (χ0) is 24.4. The standard InChI is InChI=1S/C26H29N5O4/c1-17-5-4-6-21(18(17)2)30-9-11-31(12-10-30)26-28-15-20(25(29-26)33-3)24(32)27-14-19-7-8-22-23(13-19)35-16-34-22/h4-8,13,15H,9-12,14,16H2,1-3H3,(H,27,32). The monoisotopic (exact) mass is 475 g/mol. The molecule has 0 saturated carbocycles. The van der Waals surface area contributed by atoms with Crippen LogP contribution in [-0.2, 0) is 6.54 Å². The molecule has 3 aromatic rings. The Morgan fingerprint density at radius 1 is 1.06 bits per heavy atom. The summed E-state index contributed by atoms with van der Waals surface area (Å²) in [6.45, 7) is 8.16. The molecule has 1 saturated heterocycles. The van der Waals surface area contributed by atoms with Gasteiger partial charge in [0.05, 0.1) is 7.11 Å². The third-order valence-electron chi connectivity index (χ3n) is 6.55. The van der Waals surface area contributed by atoms with E-state index >= 15 is 0 Å². The average molecular weight is 476 g/mol. The van der Waals surface area contributed by atoms with Crippen molar-refractivity contribution in [3.05, 3.63) is 64.8 Å². The number of ether oxygens (including phenoxy) is 3. The molecule has 2 aliphatic heterocycles. The molecule has 1 N–H and O–H groups in total. The minimum Gasteiger partial charge on any atom is -0.480 e. The van der Waals surface area contributed by atoms with Gasteiger partial charge in [0.2, 0.25) is 18.6 Å². The smallest absolute Gasteiger partial charge is 0.258 e. The van der Waals surface area contributed by atoms with Crippen molar-refractivity contribution >= 4 is 17.5 Å². The first-order chi connectivity index (χ1) is 17.0. The molecule has 0 spiro atoms. The Bertz CT molecular complexity index is 1240. The molecule has 0 bridgehead atoms. The van der Waals surface area contributed by atoms with Crippen molar-refractivity contribution in [3.63, 3.8) is 0 Å². The highest BCUT2D eigenvalue weighted by Crippen LogP contribution is 2.32. The van der Waals surface area contributed by atoms with Crippen LogP contribution in [0.25, 0.3) is 0 Å². The Morgan fingerprint density at radius 2 is 1.83 bits per heavy atom. The van der Waals surface area contributed by atoms with Gasteiger partial charge in [-0.1, -0.05) is 18.2 Å². The number of hydrogen-bond acceptors (Lipinski definition) is 8. The molecule has 2 aliphatic rings. The van der Waals surface area contributed by atoms with Crippen molar-refractivity contribution in [2.45, 2.75) is 20.4 Å². The molecule has 0 unspecified atom stereocenters. The van der Waals surface area contributed by atoms with Gasteiger partial charge in [-0.25, -0.2) is 4.98 Å². The Labute approximate surface area is 204 Å². The number of carbonyl (C=O) groups is 1. The summed E-state index contributed by atoms with van der Waals surface area (Å²) in [6.07, 6.45) is 1.53. The van der Waals surface area contributed by atoms with Crippen LogP contribution < -0.4 is 29.3 Å². The van der Waals surface area contributed by atoms with Gasteiger partial charge in [-0.2, -0.15) is 4.98 Å². The van der Waals surface area contributed by atoms with E-state index in [1.54, 1.807) is 0 Å². The van der Waals surface area contributed by atoms with E-state index in [9.17, 15) is 4.79 Å². The number of nitrogens with one attached hydrogen (secondary N) is 1. The van der Waals surface area contributed by atoms with Gasteiger partial charge in [0.1, 0.15) is 5.56 Å². The lowest BCUT2D eigenvalue weighted by Gasteiger charge is -2.37. The van der Waals surface area contributed by atoms with Crippen LogP contribution in [0.3, 0.4) is 0 Å². The first-order valence-corrected chi connectivity index (χ1v) is 11.7. The van der Waals surface area contributed by atoms with Crippen LogP contribution in [0, 0.1) is 13.8 Å². The highest BCUT2D eigenvalue weighted by Gasteiger charge is 2.23.